The third kappa shape index (κ3) is 3.66. The van der Waals surface area contributed by atoms with E-state index in [1.54, 1.807) is 53.6 Å². The molecule has 0 aliphatic carbocycles. The maximum absolute atomic E-state index is 12.4. The van der Waals surface area contributed by atoms with Crippen molar-refractivity contribution in [1.29, 1.82) is 0 Å². The third-order valence-corrected chi connectivity index (χ3v) is 3.33. The van der Waals surface area contributed by atoms with Crippen LogP contribution in [0, 0.1) is 5.41 Å². The first-order chi connectivity index (χ1) is 9.93. The number of carbonyl (C=O) groups excluding carboxylic acids is 1. The number of nitrogens with two attached hydrogens (primary N) is 1. The van der Waals surface area contributed by atoms with Crippen molar-refractivity contribution in [2.75, 3.05) is 20.1 Å². The van der Waals surface area contributed by atoms with Gasteiger partial charge in [0.15, 0.2) is 0 Å². The van der Waals surface area contributed by atoms with Crippen molar-refractivity contribution in [3.05, 3.63) is 42.6 Å². The average molecular weight is 287 g/mol. The minimum Gasteiger partial charge on any atom is -0.341 e. The maximum atomic E-state index is 12.4. The van der Waals surface area contributed by atoms with Crippen LogP contribution in [-0.4, -0.2) is 45.5 Å². The van der Waals surface area contributed by atoms with Crippen LogP contribution in [-0.2, 0) is 0 Å². The zero-order chi connectivity index (χ0) is 15.5. The molecule has 0 aromatic carbocycles. The number of hydrogen-bond acceptors (Lipinski definition) is 4. The van der Waals surface area contributed by atoms with E-state index in [9.17, 15) is 4.79 Å². The van der Waals surface area contributed by atoms with Gasteiger partial charge in [0, 0.05) is 32.2 Å². The van der Waals surface area contributed by atoms with E-state index in [1.165, 1.54) is 0 Å². The van der Waals surface area contributed by atoms with E-state index in [4.69, 9.17) is 5.73 Å². The van der Waals surface area contributed by atoms with Crippen molar-refractivity contribution in [2.24, 2.45) is 11.1 Å². The fourth-order valence-corrected chi connectivity index (χ4v) is 2.06. The Morgan fingerprint density at radius 1 is 1.43 bits per heavy atom. The van der Waals surface area contributed by atoms with Crippen molar-refractivity contribution in [3.63, 3.8) is 0 Å². The molecule has 2 N–H and O–H groups in total. The summed E-state index contributed by atoms with van der Waals surface area (Å²) < 4.78 is 1.79. The van der Waals surface area contributed by atoms with Gasteiger partial charge in [0.25, 0.3) is 5.91 Å². The molecule has 1 amide bonds. The molecule has 0 aliphatic rings. The molecule has 0 saturated carbocycles. The van der Waals surface area contributed by atoms with Gasteiger partial charge in [-0.25, -0.2) is 9.97 Å². The normalized spacial score (nSPS) is 11.4. The van der Waals surface area contributed by atoms with Crippen LogP contribution < -0.4 is 5.73 Å². The van der Waals surface area contributed by atoms with Crippen molar-refractivity contribution in [1.82, 2.24) is 19.4 Å². The van der Waals surface area contributed by atoms with Gasteiger partial charge in [0.2, 0.25) is 0 Å². The van der Waals surface area contributed by atoms with E-state index in [2.05, 4.69) is 9.97 Å². The van der Waals surface area contributed by atoms with Gasteiger partial charge in [-0.3, -0.25) is 9.36 Å². The van der Waals surface area contributed by atoms with Gasteiger partial charge in [0.05, 0.1) is 5.56 Å². The second-order valence-corrected chi connectivity index (χ2v) is 5.90. The van der Waals surface area contributed by atoms with Crippen LogP contribution in [0.15, 0.2) is 37.1 Å². The van der Waals surface area contributed by atoms with E-state index in [-0.39, 0.29) is 11.3 Å². The van der Waals surface area contributed by atoms with E-state index < -0.39 is 0 Å². The third-order valence-electron chi connectivity index (χ3n) is 3.33. The molecule has 0 fully saturated rings. The summed E-state index contributed by atoms with van der Waals surface area (Å²) in [6.07, 6.45) is 6.74. The lowest BCUT2D eigenvalue weighted by Gasteiger charge is -2.29. The van der Waals surface area contributed by atoms with Crippen LogP contribution in [0.25, 0.3) is 5.82 Å². The highest BCUT2D eigenvalue weighted by molar-refractivity contribution is 5.93. The summed E-state index contributed by atoms with van der Waals surface area (Å²) in [5.41, 5.74) is 6.17. The zero-order valence-corrected chi connectivity index (χ0v) is 12.7. The molecule has 0 aliphatic heterocycles. The molecule has 0 bridgehead atoms. The molecule has 112 valence electrons. The Hall–Kier alpha value is -2.21. The fraction of sp³-hybridized carbons (Fsp3) is 0.400. The molecule has 0 spiro atoms. The predicted molar refractivity (Wildman–Crippen MR) is 81.2 cm³/mol. The molecular weight excluding hydrogens is 266 g/mol. The summed E-state index contributed by atoms with van der Waals surface area (Å²) in [5, 5.41) is 0. The molecule has 6 heteroatoms. The lowest BCUT2D eigenvalue weighted by Crippen LogP contribution is -2.39. The van der Waals surface area contributed by atoms with E-state index >= 15 is 0 Å². The van der Waals surface area contributed by atoms with Gasteiger partial charge >= 0.3 is 0 Å². The highest BCUT2D eigenvalue weighted by atomic mass is 16.2. The molecule has 0 unspecified atom stereocenters. The molecule has 6 nitrogen and oxygen atoms in total. The van der Waals surface area contributed by atoms with Crippen LogP contribution in [0.3, 0.4) is 0 Å². The van der Waals surface area contributed by atoms with Gasteiger partial charge < -0.3 is 10.6 Å². The minimum absolute atomic E-state index is 0.0544. The number of imidazole rings is 1. The molecule has 2 aromatic rings. The first-order valence-corrected chi connectivity index (χ1v) is 6.83. The van der Waals surface area contributed by atoms with Crippen molar-refractivity contribution < 1.29 is 4.79 Å². The van der Waals surface area contributed by atoms with Crippen molar-refractivity contribution in [3.8, 4) is 5.82 Å². The lowest BCUT2D eigenvalue weighted by molar-refractivity contribution is 0.0740. The van der Waals surface area contributed by atoms with Gasteiger partial charge in [-0.2, -0.15) is 0 Å². The fourth-order valence-electron chi connectivity index (χ4n) is 2.06. The summed E-state index contributed by atoms with van der Waals surface area (Å²) >= 11 is 0. The SMILES string of the molecule is CN(CC(C)(C)CN)C(=O)c1ccc(-n2ccnc2)nc1. The molecule has 2 aromatic heterocycles. The van der Waals surface area contributed by atoms with Crippen LogP contribution in [0.2, 0.25) is 0 Å². The van der Waals surface area contributed by atoms with Crippen LogP contribution in [0.4, 0.5) is 0 Å². The summed E-state index contributed by atoms with van der Waals surface area (Å²) in [6.45, 7) is 5.21. The quantitative estimate of drug-likeness (QED) is 0.900. The molecular formula is C15H21N5O. The largest absolute Gasteiger partial charge is 0.341 e. The number of aromatic nitrogens is 3. The standard InChI is InChI=1S/C15H21N5O/c1-15(2,9-16)10-19(3)14(21)12-4-5-13(18-8-12)20-7-6-17-11-20/h4-8,11H,9-10,16H2,1-3H3. The summed E-state index contributed by atoms with van der Waals surface area (Å²) in [4.78, 5) is 22.3. The number of carbonyl (C=O) groups is 1. The molecule has 21 heavy (non-hydrogen) atoms. The Kier molecular flexibility index (Phi) is 4.37. The summed E-state index contributed by atoms with van der Waals surface area (Å²) in [7, 11) is 1.78. The highest BCUT2D eigenvalue weighted by Crippen LogP contribution is 2.16. The Labute approximate surface area is 124 Å². The number of nitrogens with zero attached hydrogens (tertiary/aromatic N) is 4. The number of rotatable bonds is 5. The smallest absolute Gasteiger partial charge is 0.255 e. The average Bonchev–Trinajstić information content (AvgIpc) is 3.00. The first kappa shape index (κ1) is 15.2. The Morgan fingerprint density at radius 2 is 2.19 bits per heavy atom. The van der Waals surface area contributed by atoms with Gasteiger partial charge in [-0.1, -0.05) is 13.8 Å². The van der Waals surface area contributed by atoms with E-state index in [0.717, 1.165) is 5.82 Å². The Morgan fingerprint density at radius 3 is 2.71 bits per heavy atom. The maximum Gasteiger partial charge on any atom is 0.255 e. The van der Waals surface area contributed by atoms with E-state index in [0.29, 0.717) is 18.7 Å². The predicted octanol–water partition coefficient (Wildman–Crippen LogP) is 1.32. The topological polar surface area (TPSA) is 77.0 Å². The Bertz CT molecular complexity index is 589. The number of amides is 1. The summed E-state index contributed by atoms with van der Waals surface area (Å²) in [5.74, 6) is 0.676. The lowest BCUT2D eigenvalue weighted by atomic mass is 9.93. The minimum atomic E-state index is -0.103. The van der Waals surface area contributed by atoms with E-state index in [1.807, 2.05) is 13.8 Å². The van der Waals surface area contributed by atoms with Crippen molar-refractivity contribution in [2.45, 2.75) is 13.8 Å². The van der Waals surface area contributed by atoms with Gasteiger partial charge in [0.1, 0.15) is 12.1 Å². The molecule has 0 radical (unpaired) electrons. The Balaban J connectivity index is 2.09. The first-order valence-electron chi connectivity index (χ1n) is 6.83. The molecule has 0 saturated heterocycles. The zero-order valence-electron chi connectivity index (χ0n) is 12.7. The monoisotopic (exact) mass is 287 g/mol. The second kappa shape index (κ2) is 6.05. The van der Waals surface area contributed by atoms with Gasteiger partial charge in [-0.05, 0) is 24.1 Å². The second-order valence-electron chi connectivity index (χ2n) is 5.90. The van der Waals surface area contributed by atoms with Crippen molar-refractivity contribution >= 4 is 5.91 Å². The molecule has 2 rings (SSSR count). The highest BCUT2D eigenvalue weighted by Gasteiger charge is 2.22. The molecule has 2 heterocycles. The van der Waals surface area contributed by atoms with Crippen LogP contribution in [0.1, 0.15) is 24.2 Å². The number of pyridine rings is 1. The number of hydrogen-bond donors (Lipinski definition) is 1. The van der Waals surface area contributed by atoms with Gasteiger partial charge in [-0.15, -0.1) is 0 Å². The van der Waals surface area contributed by atoms with Crippen LogP contribution >= 0.6 is 0 Å². The molecule has 0 atom stereocenters. The van der Waals surface area contributed by atoms with Crippen LogP contribution in [0.5, 0.6) is 0 Å². The summed E-state index contributed by atoms with van der Waals surface area (Å²) in [6, 6.07) is 3.58.